The molecule has 2 aromatic rings. The van der Waals surface area contributed by atoms with Gasteiger partial charge in [0.25, 0.3) is 15.9 Å². The van der Waals surface area contributed by atoms with E-state index in [0.29, 0.717) is 24.3 Å². The maximum absolute atomic E-state index is 13.0. The lowest BCUT2D eigenvalue weighted by Crippen LogP contribution is -2.48. The summed E-state index contributed by atoms with van der Waals surface area (Å²) in [5.74, 6) is -0.120. The first-order valence-corrected chi connectivity index (χ1v) is 10.9. The van der Waals surface area contributed by atoms with Gasteiger partial charge in [-0.2, -0.15) is 0 Å². The molecule has 150 valence electrons. The lowest BCUT2D eigenvalue weighted by Gasteiger charge is -2.34. The van der Waals surface area contributed by atoms with Gasteiger partial charge in [0.15, 0.2) is 0 Å². The largest absolute Gasteiger partial charge is 0.336 e. The van der Waals surface area contributed by atoms with Crippen molar-refractivity contribution >= 4 is 21.6 Å². The molecule has 6 nitrogen and oxygen atoms in total. The third kappa shape index (κ3) is 4.20. The van der Waals surface area contributed by atoms with Gasteiger partial charge in [-0.3, -0.25) is 9.10 Å². The van der Waals surface area contributed by atoms with Gasteiger partial charge in [0, 0.05) is 38.8 Å². The van der Waals surface area contributed by atoms with Crippen molar-refractivity contribution in [2.45, 2.75) is 18.7 Å². The number of amides is 1. The van der Waals surface area contributed by atoms with Crippen LogP contribution < -0.4 is 4.31 Å². The van der Waals surface area contributed by atoms with E-state index in [1.807, 2.05) is 19.1 Å². The Morgan fingerprint density at radius 3 is 2.29 bits per heavy atom. The van der Waals surface area contributed by atoms with E-state index in [9.17, 15) is 13.2 Å². The number of anilines is 1. The number of nitrogens with zero attached hydrogens (tertiary/aromatic N) is 3. The Kier molecular flexibility index (Phi) is 6.05. The van der Waals surface area contributed by atoms with E-state index in [4.69, 9.17) is 0 Å². The molecular formula is C21H27N3O3S. The molecule has 0 aromatic heterocycles. The van der Waals surface area contributed by atoms with E-state index in [1.165, 1.54) is 23.5 Å². The van der Waals surface area contributed by atoms with Crippen molar-refractivity contribution in [3.05, 3.63) is 59.7 Å². The number of aryl methyl sites for hydroxylation is 1. The number of rotatable bonds is 5. The molecule has 28 heavy (non-hydrogen) atoms. The van der Waals surface area contributed by atoms with Gasteiger partial charge in [0.1, 0.15) is 0 Å². The van der Waals surface area contributed by atoms with Crippen LogP contribution in [0.3, 0.4) is 0 Å². The first-order valence-electron chi connectivity index (χ1n) is 9.50. The SMILES string of the molecule is CCN1CCN(C(=O)c2cccc(S(=O)(=O)N(C)c3ccc(C)cc3)c2)CC1. The maximum Gasteiger partial charge on any atom is 0.264 e. The minimum Gasteiger partial charge on any atom is -0.336 e. The topological polar surface area (TPSA) is 60.9 Å². The number of carbonyl (C=O) groups is 1. The monoisotopic (exact) mass is 401 g/mol. The number of likely N-dealkylation sites (N-methyl/N-ethyl adjacent to an activating group) is 1. The smallest absolute Gasteiger partial charge is 0.264 e. The second-order valence-corrected chi connectivity index (χ2v) is 9.03. The number of carbonyl (C=O) groups excluding carboxylic acids is 1. The zero-order chi connectivity index (χ0) is 20.3. The molecule has 1 aliphatic heterocycles. The van der Waals surface area contributed by atoms with Gasteiger partial charge >= 0.3 is 0 Å². The Morgan fingerprint density at radius 2 is 1.68 bits per heavy atom. The molecule has 3 rings (SSSR count). The zero-order valence-corrected chi connectivity index (χ0v) is 17.4. The summed E-state index contributed by atoms with van der Waals surface area (Å²) < 4.78 is 27.3. The molecule has 1 aliphatic rings. The van der Waals surface area contributed by atoms with Crippen molar-refractivity contribution in [1.82, 2.24) is 9.80 Å². The normalized spacial score (nSPS) is 15.5. The minimum absolute atomic E-state index is 0.119. The number of hydrogen-bond donors (Lipinski definition) is 0. The molecule has 0 aliphatic carbocycles. The van der Waals surface area contributed by atoms with Gasteiger partial charge in [-0.15, -0.1) is 0 Å². The number of hydrogen-bond acceptors (Lipinski definition) is 4. The third-order valence-corrected chi connectivity index (χ3v) is 7.03. The highest BCUT2D eigenvalue weighted by Gasteiger charge is 2.25. The lowest BCUT2D eigenvalue weighted by molar-refractivity contribution is 0.0643. The van der Waals surface area contributed by atoms with Crippen LogP contribution in [0, 0.1) is 6.92 Å². The Hall–Kier alpha value is -2.38. The van der Waals surface area contributed by atoms with Gasteiger partial charge in [0.2, 0.25) is 0 Å². The number of piperazine rings is 1. The molecule has 2 aromatic carbocycles. The van der Waals surface area contributed by atoms with Gasteiger partial charge in [-0.05, 0) is 43.8 Å². The van der Waals surface area contributed by atoms with Gasteiger partial charge < -0.3 is 9.80 Å². The quantitative estimate of drug-likeness (QED) is 0.773. The molecule has 1 saturated heterocycles. The summed E-state index contributed by atoms with van der Waals surface area (Å²) in [6.07, 6.45) is 0. The summed E-state index contributed by atoms with van der Waals surface area (Å²) in [6.45, 7) is 8.04. The van der Waals surface area contributed by atoms with Crippen molar-refractivity contribution in [3.63, 3.8) is 0 Å². The summed E-state index contributed by atoms with van der Waals surface area (Å²) in [4.78, 5) is 17.1. The van der Waals surface area contributed by atoms with Crippen molar-refractivity contribution in [1.29, 1.82) is 0 Å². The van der Waals surface area contributed by atoms with Gasteiger partial charge in [0.05, 0.1) is 10.6 Å². The Balaban J connectivity index is 1.82. The van der Waals surface area contributed by atoms with E-state index in [0.717, 1.165) is 25.2 Å². The molecule has 0 unspecified atom stereocenters. The van der Waals surface area contributed by atoms with Crippen molar-refractivity contribution in [2.24, 2.45) is 0 Å². The van der Waals surface area contributed by atoms with E-state index in [-0.39, 0.29) is 10.8 Å². The van der Waals surface area contributed by atoms with E-state index < -0.39 is 10.0 Å². The number of sulfonamides is 1. The number of benzene rings is 2. The van der Waals surface area contributed by atoms with Crippen LogP contribution in [-0.4, -0.2) is 63.9 Å². The van der Waals surface area contributed by atoms with Crippen LogP contribution in [0.2, 0.25) is 0 Å². The summed E-state index contributed by atoms with van der Waals surface area (Å²) in [7, 11) is -2.22. The molecule has 0 spiro atoms. The fourth-order valence-electron chi connectivity index (χ4n) is 3.29. The van der Waals surface area contributed by atoms with Gasteiger partial charge in [-0.1, -0.05) is 30.7 Å². The van der Waals surface area contributed by atoms with Crippen LogP contribution in [0.5, 0.6) is 0 Å². The van der Waals surface area contributed by atoms with Crippen LogP contribution in [0.4, 0.5) is 5.69 Å². The highest BCUT2D eigenvalue weighted by atomic mass is 32.2. The molecule has 0 radical (unpaired) electrons. The van der Waals surface area contributed by atoms with Crippen LogP contribution in [0.25, 0.3) is 0 Å². The van der Waals surface area contributed by atoms with Crippen LogP contribution in [0.1, 0.15) is 22.8 Å². The van der Waals surface area contributed by atoms with Crippen molar-refractivity contribution in [3.8, 4) is 0 Å². The van der Waals surface area contributed by atoms with E-state index in [2.05, 4.69) is 11.8 Å². The highest BCUT2D eigenvalue weighted by Crippen LogP contribution is 2.23. The molecule has 1 fully saturated rings. The fraction of sp³-hybridized carbons (Fsp3) is 0.381. The predicted octanol–water partition coefficient (Wildman–Crippen LogP) is 2.60. The molecule has 0 bridgehead atoms. The van der Waals surface area contributed by atoms with E-state index in [1.54, 1.807) is 29.2 Å². The van der Waals surface area contributed by atoms with Crippen molar-refractivity contribution < 1.29 is 13.2 Å². The first-order chi connectivity index (χ1) is 13.3. The average Bonchev–Trinajstić information content (AvgIpc) is 2.73. The summed E-state index contributed by atoms with van der Waals surface area (Å²) >= 11 is 0. The minimum atomic E-state index is -3.75. The standard InChI is InChI=1S/C21H27N3O3S/c1-4-23-12-14-24(15-13-23)21(25)18-6-5-7-20(16-18)28(26,27)22(3)19-10-8-17(2)9-11-19/h5-11,16H,4,12-15H2,1-3H3. The lowest BCUT2D eigenvalue weighted by atomic mass is 10.2. The van der Waals surface area contributed by atoms with Crippen LogP contribution in [-0.2, 0) is 10.0 Å². The average molecular weight is 402 g/mol. The fourth-order valence-corrected chi connectivity index (χ4v) is 4.53. The Labute approximate surface area is 167 Å². The summed E-state index contributed by atoms with van der Waals surface area (Å²) in [6, 6.07) is 13.6. The summed E-state index contributed by atoms with van der Waals surface area (Å²) in [5.41, 5.74) is 2.05. The Bertz CT molecular complexity index is 934. The Morgan fingerprint density at radius 1 is 1.04 bits per heavy atom. The van der Waals surface area contributed by atoms with Crippen LogP contribution >= 0.6 is 0 Å². The molecule has 0 atom stereocenters. The zero-order valence-electron chi connectivity index (χ0n) is 16.6. The molecule has 0 saturated carbocycles. The molecule has 7 heteroatoms. The van der Waals surface area contributed by atoms with E-state index >= 15 is 0 Å². The second-order valence-electron chi connectivity index (χ2n) is 7.06. The van der Waals surface area contributed by atoms with Crippen molar-refractivity contribution in [2.75, 3.05) is 44.1 Å². The second kappa shape index (κ2) is 8.32. The van der Waals surface area contributed by atoms with Crippen LogP contribution in [0.15, 0.2) is 53.4 Å². The third-order valence-electron chi connectivity index (χ3n) is 5.24. The molecule has 1 amide bonds. The predicted molar refractivity (Wildman–Crippen MR) is 111 cm³/mol. The first kappa shape index (κ1) is 20.4. The molecule has 0 N–H and O–H groups in total. The highest BCUT2D eigenvalue weighted by molar-refractivity contribution is 7.92. The van der Waals surface area contributed by atoms with Gasteiger partial charge in [-0.25, -0.2) is 8.42 Å². The molecule has 1 heterocycles. The molecular weight excluding hydrogens is 374 g/mol. The summed E-state index contributed by atoms with van der Waals surface area (Å²) in [5, 5.41) is 0. The maximum atomic E-state index is 13.0.